The topological polar surface area (TPSA) is 51.2 Å². The van der Waals surface area contributed by atoms with Crippen molar-refractivity contribution in [2.75, 3.05) is 5.32 Å². The summed E-state index contributed by atoms with van der Waals surface area (Å²) in [6.07, 6.45) is 1.82. The first-order chi connectivity index (χ1) is 9.06. The van der Waals surface area contributed by atoms with Crippen molar-refractivity contribution in [1.29, 1.82) is 0 Å². The van der Waals surface area contributed by atoms with Crippen molar-refractivity contribution in [3.05, 3.63) is 61.2 Å². The van der Waals surface area contributed by atoms with Crippen LogP contribution in [0.3, 0.4) is 0 Å². The van der Waals surface area contributed by atoms with Crippen LogP contribution in [0.2, 0.25) is 0 Å². The van der Waals surface area contributed by atoms with Crippen LogP contribution < -0.4 is 5.32 Å². The van der Waals surface area contributed by atoms with E-state index in [-0.39, 0.29) is 12.9 Å². The second-order valence-electron chi connectivity index (χ2n) is 3.29. The van der Waals surface area contributed by atoms with E-state index in [9.17, 15) is 13.6 Å². The van der Waals surface area contributed by atoms with E-state index in [0.717, 1.165) is 6.07 Å². The maximum Gasteiger partial charge on any atom is 0.417 e. The number of hydrogen-bond acceptors (Lipinski definition) is 3. The van der Waals surface area contributed by atoms with E-state index in [1.807, 2.05) is 0 Å². The van der Waals surface area contributed by atoms with Crippen LogP contribution in [0, 0.1) is 0 Å². The molecule has 1 heterocycles. The third kappa shape index (κ3) is 4.71. The average molecular weight is 268 g/mol. The molecule has 0 spiro atoms. The monoisotopic (exact) mass is 268 g/mol. The summed E-state index contributed by atoms with van der Waals surface area (Å²) >= 11 is 0. The summed E-state index contributed by atoms with van der Waals surface area (Å²) < 4.78 is 29.7. The molecule has 0 aromatic carbocycles. The number of anilines is 1. The second kappa shape index (κ2) is 7.05. The van der Waals surface area contributed by atoms with Crippen molar-refractivity contribution in [2.45, 2.75) is 6.43 Å². The molecular weight excluding hydrogens is 254 g/mol. The molecule has 1 rings (SSSR count). The van der Waals surface area contributed by atoms with Crippen molar-refractivity contribution in [1.82, 2.24) is 4.98 Å². The number of carbonyl (C=O) groups excluding carboxylic acids is 1. The molecule has 1 amide bonds. The van der Waals surface area contributed by atoms with E-state index in [1.165, 1.54) is 30.5 Å². The maximum absolute atomic E-state index is 12.4. The lowest BCUT2D eigenvalue weighted by Gasteiger charge is -2.07. The van der Waals surface area contributed by atoms with Gasteiger partial charge in [0, 0.05) is 13.3 Å². The van der Waals surface area contributed by atoms with Crippen molar-refractivity contribution in [3.8, 4) is 0 Å². The van der Waals surface area contributed by atoms with Crippen LogP contribution in [0.15, 0.2) is 55.5 Å². The smallest absolute Gasteiger partial charge is 0.410 e. The van der Waals surface area contributed by atoms with Crippen molar-refractivity contribution < 1.29 is 19.7 Å². The Balaban J connectivity index is 0.00000361. The third-order valence-electron chi connectivity index (χ3n) is 1.94. The minimum Gasteiger partial charge on any atom is -0.410 e. The number of halogens is 2. The van der Waals surface area contributed by atoms with Crippen LogP contribution in [0.1, 0.15) is 13.5 Å². The minimum atomic E-state index is -2.71. The molecule has 4 nitrogen and oxygen atoms in total. The number of alkyl halides is 2. The summed E-state index contributed by atoms with van der Waals surface area (Å²) in [6, 6.07) is 2.44. The molecule has 1 aromatic heterocycles. The zero-order valence-corrected chi connectivity index (χ0v) is 9.98. The molecule has 0 saturated carbocycles. The molecule has 19 heavy (non-hydrogen) atoms. The van der Waals surface area contributed by atoms with Gasteiger partial charge in [0.1, 0.15) is 11.5 Å². The van der Waals surface area contributed by atoms with Crippen molar-refractivity contribution >= 4 is 11.8 Å². The number of aromatic nitrogens is 1. The molecule has 0 fully saturated rings. The Morgan fingerprint density at radius 2 is 2.26 bits per heavy atom. The lowest BCUT2D eigenvalue weighted by atomic mass is 10.3. The Hall–Kier alpha value is -2.50. The van der Waals surface area contributed by atoms with E-state index in [1.54, 1.807) is 0 Å². The summed E-state index contributed by atoms with van der Waals surface area (Å²) in [4.78, 5) is 14.9. The quantitative estimate of drug-likeness (QED) is 0.647. The number of carbonyl (C=O) groups is 1. The van der Waals surface area contributed by atoms with Gasteiger partial charge in [-0.25, -0.2) is 13.6 Å². The highest BCUT2D eigenvalue weighted by atomic mass is 19.3. The van der Waals surface area contributed by atoms with Crippen LogP contribution in [0.5, 0.6) is 0 Å². The number of rotatable bonds is 5. The predicted molar refractivity (Wildman–Crippen MR) is 69.9 cm³/mol. The Bertz CT molecular complexity index is 519. The standard InChI is InChI=1S/C13H12F2N2O2.H2/c1-3-5-10(4-2)19-13(18)17-9-6-7-16-11(8-9)12(14)15;/h3-8,12H,1-2H2,(H,16,17,18);1H/b10-5+;. The number of pyridine rings is 1. The van der Waals surface area contributed by atoms with Gasteiger partial charge in [0.05, 0.1) is 0 Å². The molecule has 0 atom stereocenters. The number of allylic oxidation sites excluding steroid dienone is 3. The molecule has 1 N–H and O–H groups in total. The van der Waals surface area contributed by atoms with Gasteiger partial charge in [-0.1, -0.05) is 19.2 Å². The third-order valence-corrected chi connectivity index (χ3v) is 1.94. The van der Waals surface area contributed by atoms with Crippen LogP contribution >= 0.6 is 0 Å². The number of nitrogens with zero attached hydrogens (tertiary/aromatic N) is 1. The highest BCUT2D eigenvalue weighted by Crippen LogP contribution is 2.19. The van der Waals surface area contributed by atoms with E-state index >= 15 is 0 Å². The fourth-order valence-corrected chi connectivity index (χ4v) is 1.16. The zero-order chi connectivity index (χ0) is 14.3. The van der Waals surface area contributed by atoms with Crippen LogP contribution in [-0.2, 0) is 4.74 Å². The summed E-state index contributed by atoms with van der Waals surface area (Å²) in [5.74, 6) is 0.190. The Kier molecular flexibility index (Phi) is 5.40. The highest BCUT2D eigenvalue weighted by Gasteiger charge is 2.11. The highest BCUT2D eigenvalue weighted by molar-refractivity contribution is 5.85. The van der Waals surface area contributed by atoms with Crippen LogP contribution in [-0.4, -0.2) is 11.1 Å². The summed E-state index contributed by atoms with van der Waals surface area (Å²) in [6.45, 7) is 6.89. The molecule has 0 aliphatic carbocycles. The van der Waals surface area contributed by atoms with Gasteiger partial charge in [0.25, 0.3) is 6.43 Å². The van der Waals surface area contributed by atoms with Gasteiger partial charge in [0.2, 0.25) is 0 Å². The number of ether oxygens (including phenoxy) is 1. The summed E-state index contributed by atoms with van der Waals surface area (Å²) in [7, 11) is 0. The molecule has 1 aromatic rings. The summed E-state index contributed by atoms with van der Waals surface area (Å²) in [5.41, 5.74) is -0.263. The molecule has 0 bridgehead atoms. The normalized spacial score (nSPS) is 11.0. The molecule has 0 aliphatic rings. The average Bonchev–Trinajstić information content (AvgIpc) is 2.38. The van der Waals surface area contributed by atoms with Gasteiger partial charge in [-0.2, -0.15) is 0 Å². The van der Waals surface area contributed by atoms with Crippen molar-refractivity contribution in [3.63, 3.8) is 0 Å². The molecule has 0 unspecified atom stereocenters. The zero-order valence-electron chi connectivity index (χ0n) is 9.98. The Labute approximate surface area is 110 Å². The molecule has 0 saturated heterocycles. The van der Waals surface area contributed by atoms with E-state index in [4.69, 9.17) is 4.74 Å². The SMILES string of the molecule is C=C/C=C(\C=C)OC(=O)Nc1ccnc(C(F)F)c1.[HH]. The van der Waals surface area contributed by atoms with Crippen molar-refractivity contribution in [2.24, 2.45) is 0 Å². The van der Waals surface area contributed by atoms with Gasteiger partial charge >= 0.3 is 6.09 Å². The van der Waals surface area contributed by atoms with E-state index < -0.39 is 18.2 Å². The lowest BCUT2D eigenvalue weighted by Crippen LogP contribution is -2.13. The molecular formula is C13H14F2N2O2. The first-order valence-corrected chi connectivity index (χ1v) is 5.25. The second-order valence-corrected chi connectivity index (χ2v) is 3.29. The fourth-order valence-electron chi connectivity index (χ4n) is 1.16. The number of hydrogen-bond donors (Lipinski definition) is 1. The first-order valence-electron chi connectivity index (χ1n) is 5.25. The largest absolute Gasteiger partial charge is 0.417 e. The van der Waals surface area contributed by atoms with Gasteiger partial charge in [-0.05, 0) is 24.3 Å². The minimum absolute atomic E-state index is 0. The molecule has 6 heteroatoms. The van der Waals surface area contributed by atoms with Gasteiger partial charge < -0.3 is 4.74 Å². The summed E-state index contributed by atoms with van der Waals surface area (Å²) in [5, 5.41) is 2.30. The Morgan fingerprint density at radius 3 is 2.84 bits per heavy atom. The number of nitrogens with one attached hydrogen (secondary N) is 1. The van der Waals surface area contributed by atoms with Crippen LogP contribution in [0.4, 0.5) is 19.3 Å². The van der Waals surface area contributed by atoms with E-state index in [2.05, 4.69) is 23.5 Å². The molecule has 0 radical (unpaired) electrons. The predicted octanol–water partition coefficient (Wildman–Crippen LogP) is 4.07. The molecule has 0 aliphatic heterocycles. The number of amides is 1. The van der Waals surface area contributed by atoms with Crippen LogP contribution in [0.25, 0.3) is 0 Å². The Morgan fingerprint density at radius 1 is 1.53 bits per heavy atom. The lowest BCUT2D eigenvalue weighted by molar-refractivity contribution is 0.146. The first kappa shape index (κ1) is 14.6. The van der Waals surface area contributed by atoms with Gasteiger partial charge in [-0.3, -0.25) is 10.3 Å². The van der Waals surface area contributed by atoms with Gasteiger partial charge in [0.15, 0.2) is 0 Å². The maximum atomic E-state index is 12.4. The molecule has 102 valence electrons. The van der Waals surface area contributed by atoms with E-state index in [0.29, 0.717) is 0 Å². The fraction of sp³-hybridized carbons (Fsp3) is 0.0769. The van der Waals surface area contributed by atoms with Gasteiger partial charge in [-0.15, -0.1) is 0 Å².